The Bertz CT molecular complexity index is 191. The third-order valence-corrected chi connectivity index (χ3v) is 0.842. The van der Waals surface area contributed by atoms with Crippen molar-refractivity contribution in [3.05, 3.63) is 11.9 Å². The Kier molecular flexibility index (Phi) is 3.97. The number of hydrogen-bond donors (Lipinski definition) is 1. The van der Waals surface area contributed by atoms with E-state index in [0.717, 1.165) is 5.71 Å². The molecule has 0 aromatic carbocycles. The van der Waals surface area contributed by atoms with Crippen LogP contribution in [0.15, 0.2) is 16.9 Å². The van der Waals surface area contributed by atoms with Crippen molar-refractivity contribution >= 4 is 5.71 Å². The van der Waals surface area contributed by atoms with Crippen LogP contribution in [0.1, 0.15) is 13.8 Å². The summed E-state index contributed by atoms with van der Waals surface area (Å²) in [6.45, 7) is 3.75. The summed E-state index contributed by atoms with van der Waals surface area (Å²) >= 11 is 0. The quantitative estimate of drug-likeness (QED) is 0.457. The highest BCUT2D eigenvalue weighted by Gasteiger charge is 1.84. The minimum absolute atomic E-state index is 0.473. The van der Waals surface area contributed by atoms with Crippen molar-refractivity contribution in [1.82, 2.24) is 5.32 Å². The molecule has 0 unspecified atom stereocenters. The molecule has 0 fully saturated rings. The van der Waals surface area contributed by atoms with Crippen LogP contribution >= 0.6 is 0 Å². The van der Waals surface area contributed by atoms with Gasteiger partial charge in [0.15, 0.2) is 0 Å². The molecule has 10 heavy (non-hydrogen) atoms. The van der Waals surface area contributed by atoms with Gasteiger partial charge in [0, 0.05) is 12.8 Å². The van der Waals surface area contributed by atoms with Crippen molar-refractivity contribution in [1.29, 1.82) is 5.26 Å². The van der Waals surface area contributed by atoms with Crippen LogP contribution in [0.3, 0.4) is 0 Å². The van der Waals surface area contributed by atoms with Gasteiger partial charge in [-0.3, -0.25) is 4.99 Å². The zero-order chi connectivity index (χ0) is 7.98. The maximum Gasteiger partial charge on any atom is 0.131 e. The fraction of sp³-hybridized carbons (Fsp3) is 0.429. The van der Waals surface area contributed by atoms with Crippen LogP contribution in [0.4, 0.5) is 0 Å². The summed E-state index contributed by atoms with van der Waals surface area (Å²) in [4.78, 5) is 3.94. The number of rotatable bonds is 2. The summed E-state index contributed by atoms with van der Waals surface area (Å²) in [5.41, 5.74) is 1.41. The average Bonchev–Trinajstić information content (AvgIpc) is 1.90. The molecule has 0 aromatic rings. The Balaban J connectivity index is 4.17. The summed E-state index contributed by atoms with van der Waals surface area (Å²) in [6.07, 6.45) is 1.51. The van der Waals surface area contributed by atoms with Crippen molar-refractivity contribution in [3.63, 3.8) is 0 Å². The number of aliphatic imine (C=N–C) groups is 1. The predicted molar refractivity (Wildman–Crippen MR) is 41.5 cm³/mol. The predicted octanol–water partition coefficient (Wildman–Crippen LogP) is 1.05. The minimum atomic E-state index is 0.473. The van der Waals surface area contributed by atoms with E-state index in [-0.39, 0.29) is 0 Å². The molecule has 0 rings (SSSR count). The summed E-state index contributed by atoms with van der Waals surface area (Å²) in [5.74, 6) is 0. The lowest BCUT2D eigenvalue weighted by Gasteiger charge is -1.90. The second kappa shape index (κ2) is 4.57. The van der Waals surface area contributed by atoms with Gasteiger partial charge in [-0.05, 0) is 13.8 Å². The second-order valence-electron chi connectivity index (χ2n) is 1.98. The first-order chi connectivity index (χ1) is 4.70. The number of nitrogens with one attached hydrogen (secondary N) is 1. The molecule has 1 N–H and O–H groups in total. The van der Waals surface area contributed by atoms with Crippen LogP contribution < -0.4 is 5.32 Å². The highest BCUT2D eigenvalue weighted by atomic mass is 14.9. The van der Waals surface area contributed by atoms with E-state index in [1.165, 1.54) is 6.20 Å². The fourth-order valence-corrected chi connectivity index (χ4v) is 0.343. The Labute approximate surface area is 61.1 Å². The number of nitriles is 1. The maximum atomic E-state index is 8.39. The van der Waals surface area contributed by atoms with E-state index >= 15 is 0 Å². The molecule has 0 spiro atoms. The van der Waals surface area contributed by atoms with Crippen molar-refractivity contribution in [2.45, 2.75) is 13.8 Å². The van der Waals surface area contributed by atoms with E-state index < -0.39 is 0 Å². The molecule has 0 radical (unpaired) electrons. The standard InChI is InChI=1S/C7H11N3/c1-6(2)10-5-7(4-8)9-3/h5,9H,1-3H3/b7-5-. The van der Waals surface area contributed by atoms with Gasteiger partial charge in [-0.2, -0.15) is 5.26 Å². The minimum Gasteiger partial charge on any atom is -0.378 e. The molecule has 54 valence electrons. The molecule has 0 aliphatic heterocycles. The van der Waals surface area contributed by atoms with E-state index in [4.69, 9.17) is 5.26 Å². The molecular weight excluding hydrogens is 126 g/mol. The molecule has 0 atom stereocenters. The van der Waals surface area contributed by atoms with Gasteiger partial charge in [-0.1, -0.05) is 0 Å². The van der Waals surface area contributed by atoms with Gasteiger partial charge in [-0.15, -0.1) is 0 Å². The molecular formula is C7H11N3. The van der Waals surface area contributed by atoms with Gasteiger partial charge < -0.3 is 5.32 Å². The van der Waals surface area contributed by atoms with Gasteiger partial charge in [-0.25, -0.2) is 0 Å². The Morgan fingerprint density at radius 1 is 1.60 bits per heavy atom. The lowest BCUT2D eigenvalue weighted by molar-refractivity contribution is 1.03. The van der Waals surface area contributed by atoms with Crippen LogP contribution in [0.2, 0.25) is 0 Å². The lowest BCUT2D eigenvalue weighted by atomic mass is 10.5. The smallest absolute Gasteiger partial charge is 0.131 e. The monoisotopic (exact) mass is 137 g/mol. The van der Waals surface area contributed by atoms with Crippen molar-refractivity contribution in [3.8, 4) is 6.07 Å². The highest BCUT2D eigenvalue weighted by molar-refractivity contribution is 5.79. The third kappa shape index (κ3) is 3.67. The SMILES string of the molecule is CN/C(C#N)=C\N=C(C)C. The van der Waals surface area contributed by atoms with Crippen LogP contribution in [-0.4, -0.2) is 12.8 Å². The van der Waals surface area contributed by atoms with Crippen LogP contribution in [-0.2, 0) is 0 Å². The van der Waals surface area contributed by atoms with E-state index in [1.54, 1.807) is 7.05 Å². The Morgan fingerprint density at radius 3 is 2.50 bits per heavy atom. The van der Waals surface area contributed by atoms with Gasteiger partial charge >= 0.3 is 0 Å². The topological polar surface area (TPSA) is 48.2 Å². The van der Waals surface area contributed by atoms with Crippen LogP contribution in [0.25, 0.3) is 0 Å². The summed E-state index contributed by atoms with van der Waals surface area (Å²) in [5, 5.41) is 11.1. The summed E-state index contributed by atoms with van der Waals surface area (Å²) in [6, 6.07) is 1.95. The van der Waals surface area contributed by atoms with E-state index in [1.807, 2.05) is 19.9 Å². The molecule has 0 aliphatic carbocycles. The van der Waals surface area contributed by atoms with E-state index in [0.29, 0.717) is 5.70 Å². The first-order valence-corrected chi connectivity index (χ1v) is 2.99. The molecule has 3 nitrogen and oxygen atoms in total. The van der Waals surface area contributed by atoms with Crippen LogP contribution in [0.5, 0.6) is 0 Å². The van der Waals surface area contributed by atoms with Crippen molar-refractivity contribution in [2.75, 3.05) is 7.05 Å². The molecule has 0 heterocycles. The molecule has 0 aliphatic rings. The molecule has 0 bridgehead atoms. The normalized spacial score (nSPS) is 10.0. The second-order valence-corrected chi connectivity index (χ2v) is 1.98. The van der Waals surface area contributed by atoms with E-state index in [2.05, 4.69) is 10.3 Å². The number of hydrogen-bond acceptors (Lipinski definition) is 3. The summed E-state index contributed by atoms with van der Waals surface area (Å²) in [7, 11) is 1.69. The molecule has 0 amide bonds. The largest absolute Gasteiger partial charge is 0.378 e. The summed E-state index contributed by atoms with van der Waals surface area (Å²) < 4.78 is 0. The molecule has 0 saturated heterocycles. The highest BCUT2D eigenvalue weighted by Crippen LogP contribution is 1.85. The third-order valence-electron chi connectivity index (χ3n) is 0.842. The Hall–Kier alpha value is -1.30. The maximum absolute atomic E-state index is 8.39. The molecule has 3 heteroatoms. The lowest BCUT2D eigenvalue weighted by Crippen LogP contribution is -2.02. The molecule has 0 aromatic heterocycles. The first kappa shape index (κ1) is 8.70. The van der Waals surface area contributed by atoms with Gasteiger partial charge in [0.1, 0.15) is 11.8 Å². The van der Waals surface area contributed by atoms with E-state index in [9.17, 15) is 0 Å². The first-order valence-electron chi connectivity index (χ1n) is 2.99. The van der Waals surface area contributed by atoms with Crippen molar-refractivity contribution < 1.29 is 0 Å². The van der Waals surface area contributed by atoms with Gasteiger partial charge in [0.2, 0.25) is 0 Å². The zero-order valence-electron chi connectivity index (χ0n) is 6.47. The van der Waals surface area contributed by atoms with Gasteiger partial charge in [0.05, 0.1) is 6.20 Å². The molecule has 0 saturated carbocycles. The fourth-order valence-electron chi connectivity index (χ4n) is 0.343. The number of nitrogens with zero attached hydrogens (tertiary/aromatic N) is 2. The average molecular weight is 137 g/mol. The van der Waals surface area contributed by atoms with Crippen LogP contribution in [0, 0.1) is 11.3 Å². The Morgan fingerprint density at radius 2 is 2.20 bits per heavy atom. The zero-order valence-corrected chi connectivity index (χ0v) is 6.47. The van der Waals surface area contributed by atoms with Gasteiger partial charge in [0.25, 0.3) is 0 Å². The van der Waals surface area contributed by atoms with Crippen molar-refractivity contribution in [2.24, 2.45) is 4.99 Å². The number of allylic oxidation sites excluding steroid dienone is 1.